The topological polar surface area (TPSA) is 87.7 Å². The first kappa shape index (κ1) is 30.1. The van der Waals surface area contributed by atoms with Gasteiger partial charge in [-0.1, -0.05) is 69.7 Å². The van der Waals surface area contributed by atoms with Crippen LogP contribution in [-0.4, -0.2) is 35.3 Å². The van der Waals surface area contributed by atoms with E-state index < -0.39 is 22.7 Å². The number of nitrogens with one attached hydrogen (secondary N) is 2. The molecule has 3 aromatic rings. The molecule has 2 saturated carbocycles. The Hall–Kier alpha value is -3.74. The molecule has 0 aromatic heterocycles. The van der Waals surface area contributed by atoms with Crippen LogP contribution in [0.25, 0.3) is 16.8 Å². The van der Waals surface area contributed by atoms with Gasteiger partial charge in [-0.2, -0.15) is 0 Å². The second-order valence-corrected chi connectivity index (χ2v) is 17.5. The van der Waals surface area contributed by atoms with Crippen molar-refractivity contribution >= 4 is 63.2 Å². The van der Waals surface area contributed by atoms with E-state index in [0.717, 1.165) is 70.5 Å². The van der Waals surface area contributed by atoms with E-state index in [4.69, 9.17) is 27.9 Å². The smallest absolute Gasteiger partial charge is 0.336 e. The van der Waals surface area contributed by atoms with Crippen molar-refractivity contribution in [2.45, 2.75) is 68.3 Å². The fourth-order valence-electron chi connectivity index (χ4n) is 10.8. The third-order valence-electron chi connectivity index (χ3n) is 13.3. The minimum absolute atomic E-state index is 0.00175. The molecule has 7 unspecified atom stereocenters. The van der Waals surface area contributed by atoms with Gasteiger partial charge in [-0.05, 0) is 65.1 Å². The van der Waals surface area contributed by atoms with Gasteiger partial charge in [0.1, 0.15) is 11.9 Å². The first-order chi connectivity index (χ1) is 23.3. The number of halogens is 2. The molecule has 3 aliphatic heterocycles. The second kappa shape index (κ2) is 9.52. The number of fused-ring (bicyclic) bond motifs is 14. The highest BCUT2D eigenvalue weighted by Gasteiger charge is 2.69. The van der Waals surface area contributed by atoms with Gasteiger partial charge in [-0.15, -0.1) is 11.6 Å². The SMILES string of the molecule is CC1(C)CNc2cc3c(cc21)C1Oc2c(ccc4cc5c(cc24)C(C)(C)CN5)C2(C1C=C3)C1CCC1C(=O)C1=C(Cl)C(C(=O)O)=CC(Cl)C12. The number of aliphatic carboxylic acids is 1. The summed E-state index contributed by atoms with van der Waals surface area (Å²) in [4.78, 5) is 26.8. The summed E-state index contributed by atoms with van der Waals surface area (Å²) < 4.78 is 7.42. The Kier molecular flexibility index (Phi) is 5.85. The van der Waals surface area contributed by atoms with E-state index >= 15 is 0 Å². The van der Waals surface area contributed by atoms with Crippen LogP contribution in [0.5, 0.6) is 5.75 Å². The van der Waals surface area contributed by atoms with E-state index in [-0.39, 0.29) is 51.1 Å². The highest BCUT2D eigenvalue weighted by atomic mass is 35.5. The maximum Gasteiger partial charge on any atom is 0.336 e. The average Bonchev–Trinajstić information content (AvgIpc) is 3.51. The van der Waals surface area contributed by atoms with Gasteiger partial charge in [0.15, 0.2) is 5.78 Å². The van der Waals surface area contributed by atoms with Crippen LogP contribution in [0.3, 0.4) is 0 Å². The van der Waals surface area contributed by atoms with Crippen LogP contribution >= 0.6 is 23.2 Å². The zero-order chi connectivity index (χ0) is 33.9. The zero-order valence-electron chi connectivity index (χ0n) is 27.9. The highest BCUT2D eigenvalue weighted by molar-refractivity contribution is 6.38. The number of hydrogen-bond donors (Lipinski definition) is 3. The molecule has 1 spiro atoms. The molecule has 6 nitrogen and oxygen atoms in total. The summed E-state index contributed by atoms with van der Waals surface area (Å²) in [6, 6.07) is 13.5. The summed E-state index contributed by atoms with van der Waals surface area (Å²) in [7, 11) is 0. The van der Waals surface area contributed by atoms with Crippen molar-refractivity contribution in [2.24, 2.45) is 23.7 Å². The average molecular weight is 694 g/mol. The van der Waals surface area contributed by atoms with Crippen molar-refractivity contribution in [2.75, 3.05) is 23.7 Å². The molecule has 7 atom stereocenters. The number of ketones is 1. The van der Waals surface area contributed by atoms with Gasteiger partial charge in [0.25, 0.3) is 0 Å². The highest BCUT2D eigenvalue weighted by Crippen LogP contribution is 2.71. The lowest BCUT2D eigenvalue weighted by Gasteiger charge is -2.65. The predicted octanol–water partition coefficient (Wildman–Crippen LogP) is 8.61. The standard InChI is InChI=1S/C41H38Cl2N2O4/c1-39(2)16-44-30-11-18-5-8-25-36(21(18)13-27(30)39)49-37-22-14-28-31(45-17-40(28,3)4)12-19(22)6-9-26(37)41(25)24-10-7-20(24)35(46)32-33(41)29(42)15-23(34(32)43)38(47)48/h5-6,8-9,11-15,20,24-25,29,33,36,44-45H,7,10,16-17H2,1-4H3,(H,47,48). The molecule has 3 aromatic carbocycles. The van der Waals surface area contributed by atoms with Crippen molar-refractivity contribution < 1.29 is 19.4 Å². The van der Waals surface area contributed by atoms with Crippen molar-refractivity contribution in [3.8, 4) is 5.75 Å². The minimum Gasteiger partial charge on any atom is -0.484 e. The molecule has 0 radical (unpaired) electrons. The fraction of sp³-hybridized carbons (Fsp3) is 0.415. The lowest BCUT2D eigenvalue weighted by Crippen LogP contribution is -2.65. The van der Waals surface area contributed by atoms with Crippen LogP contribution in [0.4, 0.5) is 11.4 Å². The Morgan fingerprint density at radius 3 is 2.37 bits per heavy atom. The molecular weight excluding hydrogens is 655 g/mol. The number of ether oxygens (including phenoxy) is 1. The van der Waals surface area contributed by atoms with E-state index in [1.165, 1.54) is 11.1 Å². The van der Waals surface area contributed by atoms with Crippen molar-refractivity contribution in [1.82, 2.24) is 0 Å². The molecule has 10 rings (SSSR count). The summed E-state index contributed by atoms with van der Waals surface area (Å²) >= 11 is 14.4. The fourth-order valence-corrected chi connectivity index (χ4v) is 11.6. The maximum atomic E-state index is 14.4. The van der Waals surface area contributed by atoms with E-state index in [0.29, 0.717) is 5.57 Å². The number of rotatable bonds is 1. The van der Waals surface area contributed by atoms with Crippen LogP contribution in [0.1, 0.15) is 74.5 Å². The van der Waals surface area contributed by atoms with Gasteiger partial charge >= 0.3 is 5.97 Å². The van der Waals surface area contributed by atoms with E-state index in [9.17, 15) is 14.7 Å². The van der Waals surface area contributed by atoms with Crippen LogP contribution in [-0.2, 0) is 25.8 Å². The zero-order valence-corrected chi connectivity index (χ0v) is 29.4. The van der Waals surface area contributed by atoms with E-state index in [1.54, 1.807) is 6.08 Å². The van der Waals surface area contributed by atoms with Gasteiger partial charge in [0.05, 0.1) is 16.0 Å². The molecule has 0 bridgehead atoms. The van der Waals surface area contributed by atoms with Gasteiger partial charge in [-0.25, -0.2) is 4.79 Å². The Morgan fingerprint density at radius 2 is 1.67 bits per heavy atom. The normalized spacial score (nSPS) is 33.4. The molecule has 4 aliphatic carbocycles. The number of carbonyl (C=O) groups excluding carboxylic acids is 1. The van der Waals surface area contributed by atoms with Gasteiger partial charge in [0, 0.05) is 80.5 Å². The summed E-state index contributed by atoms with van der Waals surface area (Å²) in [5.74, 6) is -1.33. The maximum absolute atomic E-state index is 14.4. The third kappa shape index (κ3) is 3.65. The molecule has 49 heavy (non-hydrogen) atoms. The van der Waals surface area contributed by atoms with Crippen molar-refractivity contribution in [1.29, 1.82) is 0 Å². The van der Waals surface area contributed by atoms with Crippen LogP contribution in [0.2, 0.25) is 0 Å². The number of hydrogen-bond acceptors (Lipinski definition) is 5. The third-order valence-corrected chi connectivity index (χ3v) is 14.1. The van der Waals surface area contributed by atoms with Crippen molar-refractivity contribution in [3.05, 3.63) is 92.5 Å². The van der Waals surface area contributed by atoms with Crippen molar-refractivity contribution in [3.63, 3.8) is 0 Å². The quantitative estimate of drug-likeness (QED) is 0.222. The Bertz CT molecular complexity index is 2200. The number of carbonyl (C=O) groups is 2. The summed E-state index contributed by atoms with van der Waals surface area (Å²) in [5.41, 5.74) is 7.69. The summed E-state index contributed by atoms with van der Waals surface area (Å²) in [6.45, 7) is 10.8. The van der Waals surface area contributed by atoms with Crippen LogP contribution in [0.15, 0.2) is 64.7 Å². The summed E-state index contributed by atoms with van der Waals surface area (Å²) in [5, 5.41) is 18.8. The lowest BCUT2D eigenvalue weighted by atomic mass is 9.39. The van der Waals surface area contributed by atoms with Gasteiger partial charge < -0.3 is 20.5 Å². The first-order valence-corrected chi connectivity index (χ1v) is 18.3. The second-order valence-electron chi connectivity index (χ2n) is 16.6. The number of carboxylic acid groups (broad SMARTS) is 1. The number of carboxylic acids is 1. The molecule has 250 valence electrons. The molecule has 3 N–H and O–H groups in total. The molecule has 3 heterocycles. The Balaban J connectivity index is 1.30. The number of allylic oxidation sites excluding steroid dienone is 2. The Labute approximate surface area is 295 Å². The number of benzene rings is 3. The minimum atomic E-state index is -1.17. The molecule has 8 heteroatoms. The van der Waals surface area contributed by atoms with E-state index in [1.807, 2.05) is 0 Å². The largest absolute Gasteiger partial charge is 0.484 e. The Morgan fingerprint density at radius 1 is 0.959 bits per heavy atom. The lowest BCUT2D eigenvalue weighted by molar-refractivity contribution is -0.138. The van der Waals surface area contributed by atoms with Crippen LogP contribution < -0.4 is 15.4 Å². The van der Waals surface area contributed by atoms with Gasteiger partial charge in [0.2, 0.25) is 0 Å². The predicted molar refractivity (Wildman–Crippen MR) is 194 cm³/mol. The van der Waals surface area contributed by atoms with E-state index in [2.05, 4.69) is 86.9 Å². The number of alkyl halides is 1. The molecule has 0 amide bonds. The number of Topliss-reactive ketones (excluding diaryl/α,β-unsaturated/α-hetero) is 1. The molecule has 2 fully saturated rings. The number of anilines is 2. The molecule has 7 aliphatic rings. The molecule has 0 saturated heterocycles. The van der Waals surface area contributed by atoms with Crippen LogP contribution in [0, 0.1) is 23.7 Å². The molecular formula is C41H38Cl2N2O4. The van der Waals surface area contributed by atoms with Gasteiger partial charge in [-0.3, -0.25) is 4.79 Å². The summed E-state index contributed by atoms with van der Waals surface area (Å²) in [6.07, 6.45) is 7.36. The monoisotopic (exact) mass is 692 g/mol. The first-order valence-electron chi connectivity index (χ1n) is 17.5.